The predicted octanol–water partition coefficient (Wildman–Crippen LogP) is 6.66. The molecule has 0 spiro atoms. The van der Waals surface area contributed by atoms with Gasteiger partial charge in [0.15, 0.2) is 5.65 Å². The van der Waals surface area contributed by atoms with Gasteiger partial charge in [-0.15, -0.1) is 0 Å². The Kier molecular flexibility index (Phi) is 5.73. The van der Waals surface area contributed by atoms with Crippen molar-refractivity contribution in [2.75, 3.05) is 5.32 Å². The minimum atomic E-state index is -0.157. The first-order valence-corrected chi connectivity index (χ1v) is 10.5. The lowest BCUT2D eigenvalue weighted by Crippen LogP contribution is -2.03. The van der Waals surface area contributed by atoms with Crippen LogP contribution < -0.4 is 5.32 Å². The summed E-state index contributed by atoms with van der Waals surface area (Å²) in [6.07, 6.45) is 1.67. The standard InChI is InChI=1S/C20H14BrCl3N4O/c1-10-4-13(19(24)16(23)5-10)17-7-18(28-20(27-17)14(21)8-25-28)26-12-2-3-15(22)11(6-12)9-29/h2-8,26,29H,9H2,1H3. The van der Waals surface area contributed by atoms with Crippen LogP contribution in [-0.4, -0.2) is 19.7 Å². The summed E-state index contributed by atoms with van der Waals surface area (Å²) in [6.45, 7) is 1.79. The van der Waals surface area contributed by atoms with Gasteiger partial charge in [-0.2, -0.15) is 9.61 Å². The van der Waals surface area contributed by atoms with E-state index in [1.807, 2.05) is 31.2 Å². The molecule has 0 saturated carbocycles. The van der Waals surface area contributed by atoms with Gasteiger partial charge in [0, 0.05) is 22.3 Å². The first-order valence-electron chi connectivity index (χ1n) is 8.54. The first-order chi connectivity index (χ1) is 13.9. The quantitative estimate of drug-likeness (QED) is 0.321. The van der Waals surface area contributed by atoms with Crippen molar-refractivity contribution in [3.8, 4) is 11.3 Å². The topological polar surface area (TPSA) is 62.5 Å². The molecule has 0 unspecified atom stereocenters. The van der Waals surface area contributed by atoms with Crippen LogP contribution in [0.5, 0.6) is 0 Å². The van der Waals surface area contributed by atoms with E-state index in [9.17, 15) is 5.11 Å². The van der Waals surface area contributed by atoms with Crippen LogP contribution in [0.1, 0.15) is 11.1 Å². The van der Waals surface area contributed by atoms with Gasteiger partial charge in [-0.25, -0.2) is 4.98 Å². The van der Waals surface area contributed by atoms with Gasteiger partial charge in [-0.05, 0) is 64.3 Å². The molecule has 5 nitrogen and oxygen atoms in total. The van der Waals surface area contributed by atoms with Crippen molar-refractivity contribution >= 4 is 67.9 Å². The van der Waals surface area contributed by atoms with Crippen LogP contribution in [-0.2, 0) is 6.61 Å². The van der Waals surface area contributed by atoms with Crippen LogP contribution in [0.25, 0.3) is 16.9 Å². The molecule has 9 heteroatoms. The van der Waals surface area contributed by atoms with Gasteiger partial charge in [-0.3, -0.25) is 0 Å². The van der Waals surface area contributed by atoms with Crippen LogP contribution in [0.4, 0.5) is 11.5 Å². The molecule has 0 aliphatic rings. The summed E-state index contributed by atoms with van der Waals surface area (Å²) in [5, 5.41) is 18.6. The third kappa shape index (κ3) is 3.96. The van der Waals surface area contributed by atoms with Gasteiger partial charge in [0.05, 0.1) is 33.0 Å². The van der Waals surface area contributed by atoms with Gasteiger partial charge in [0.25, 0.3) is 0 Å². The molecule has 2 aromatic heterocycles. The monoisotopic (exact) mass is 510 g/mol. The number of benzene rings is 2. The molecule has 0 amide bonds. The maximum Gasteiger partial charge on any atom is 0.172 e. The van der Waals surface area contributed by atoms with Crippen LogP contribution in [0.2, 0.25) is 15.1 Å². The van der Waals surface area contributed by atoms with Crippen molar-refractivity contribution in [2.24, 2.45) is 0 Å². The molecule has 148 valence electrons. The summed E-state index contributed by atoms with van der Waals surface area (Å²) in [6, 6.07) is 10.9. The number of aryl methyl sites for hydroxylation is 1. The largest absolute Gasteiger partial charge is 0.392 e. The zero-order valence-corrected chi connectivity index (χ0v) is 18.9. The van der Waals surface area contributed by atoms with E-state index in [-0.39, 0.29) is 6.61 Å². The van der Waals surface area contributed by atoms with Gasteiger partial charge < -0.3 is 10.4 Å². The molecule has 0 saturated heterocycles. The fourth-order valence-corrected chi connectivity index (χ4v) is 4.00. The van der Waals surface area contributed by atoms with Gasteiger partial charge in [-0.1, -0.05) is 34.8 Å². The Labute approximate surface area is 190 Å². The highest BCUT2D eigenvalue weighted by molar-refractivity contribution is 9.10. The molecule has 0 bridgehead atoms. The Morgan fingerprint density at radius 3 is 2.66 bits per heavy atom. The van der Waals surface area contributed by atoms with Crippen LogP contribution in [0, 0.1) is 6.92 Å². The average molecular weight is 513 g/mol. The highest BCUT2D eigenvalue weighted by Gasteiger charge is 2.16. The number of anilines is 2. The summed E-state index contributed by atoms with van der Waals surface area (Å²) in [5.74, 6) is 0.663. The van der Waals surface area contributed by atoms with E-state index in [4.69, 9.17) is 39.8 Å². The van der Waals surface area contributed by atoms with Crippen molar-refractivity contribution in [1.82, 2.24) is 14.6 Å². The summed E-state index contributed by atoms with van der Waals surface area (Å²) in [4.78, 5) is 4.71. The lowest BCUT2D eigenvalue weighted by Gasteiger charge is -2.13. The van der Waals surface area contributed by atoms with Crippen molar-refractivity contribution in [2.45, 2.75) is 13.5 Å². The van der Waals surface area contributed by atoms with E-state index in [1.165, 1.54) is 0 Å². The number of halogens is 4. The summed E-state index contributed by atoms with van der Waals surface area (Å²) < 4.78 is 2.41. The zero-order valence-electron chi connectivity index (χ0n) is 15.0. The van der Waals surface area contributed by atoms with Crippen LogP contribution in [0.15, 0.2) is 47.1 Å². The summed E-state index contributed by atoms with van der Waals surface area (Å²) >= 11 is 22.3. The smallest absolute Gasteiger partial charge is 0.172 e. The molecule has 0 radical (unpaired) electrons. The van der Waals surface area contributed by atoms with Crippen molar-refractivity contribution in [3.63, 3.8) is 0 Å². The normalized spacial score (nSPS) is 11.2. The van der Waals surface area contributed by atoms with Gasteiger partial charge >= 0.3 is 0 Å². The van der Waals surface area contributed by atoms with Crippen LogP contribution in [0.3, 0.4) is 0 Å². The number of hydrogen-bond acceptors (Lipinski definition) is 4. The Hall–Kier alpha value is -1.83. The van der Waals surface area contributed by atoms with Gasteiger partial charge in [0.2, 0.25) is 0 Å². The Balaban J connectivity index is 1.89. The lowest BCUT2D eigenvalue weighted by atomic mass is 10.1. The number of aromatic nitrogens is 3. The van der Waals surface area contributed by atoms with Crippen molar-refractivity contribution in [1.29, 1.82) is 0 Å². The van der Waals surface area contributed by atoms with E-state index in [2.05, 4.69) is 26.3 Å². The minimum absolute atomic E-state index is 0.157. The molecule has 0 fully saturated rings. The molecule has 0 aliphatic heterocycles. The molecule has 0 atom stereocenters. The van der Waals surface area contributed by atoms with Crippen molar-refractivity contribution in [3.05, 3.63) is 73.3 Å². The second kappa shape index (κ2) is 8.13. The molecule has 0 aliphatic carbocycles. The average Bonchev–Trinajstić information content (AvgIpc) is 3.07. The predicted molar refractivity (Wildman–Crippen MR) is 122 cm³/mol. The maximum atomic E-state index is 9.49. The molecule has 2 heterocycles. The third-order valence-electron chi connectivity index (χ3n) is 4.37. The second-order valence-corrected chi connectivity index (χ2v) is 8.50. The number of hydrogen-bond donors (Lipinski definition) is 2. The SMILES string of the molecule is Cc1cc(Cl)c(Cl)c(-c2cc(Nc3ccc(Cl)c(CO)c3)n3ncc(Br)c3n2)c1. The fraction of sp³-hybridized carbons (Fsp3) is 0.100. The van der Waals surface area contributed by atoms with E-state index in [0.717, 1.165) is 21.3 Å². The number of nitrogens with one attached hydrogen (secondary N) is 1. The van der Waals surface area contributed by atoms with E-state index in [1.54, 1.807) is 22.8 Å². The van der Waals surface area contributed by atoms with Crippen molar-refractivity contribution < 1.29 is 5.11 Å². The number of aliphatic hydroxyl groups excluding tert-OH is 1. The minimum Gasteiger partial charge on any atom is -0.392 e. The van der Waals surface area contributed by atoms with E-state index < -0.39 is 0 Å². The first kappa shape index (κ1) is 20.4. The molecule has 29 heavy (non-hydrogen) atoms. The molecular weight excluding hydrogens is 499 g/mol. The molecule has 2 aromatic carbocycles. The van der Waals surface area contributed by atoms with E-state index >= 15 is 0 Å². The molecule has 4 aromatic rings. The number of rotatable bonds is 4. The zero-order chi connectivity index (χ0) is 20.7. The van der Waals surface area contributed by atoms with E-state index in [0.29, 0.717) is 37.8 Å². The Bertz CT molecular complexity index is 1240. The summed E-state index contributed by atoms with van der Waals surface area (Å²) in [5.41, 5.74) is 4.34. The molecular formula is C20H14BrCl3N4O. The van der Waals surface area contributed by atoms with Gasteiger partial charge in [0.1, 0.15) is 5.82 Å². The number of nitrogens with zero attached hydrogens (tertiary/aromatic N) is 3. The highest BCUT2D eigenvalue weighted by atomic mass is 79.9. The van der Waals surface area contributed by atoms with Crippen LogP contribution >= 0.6 is 50.7 Å². The number of aliphatic hydroxyl groups is 1. The second-order valence-electron chi connectivity index (χ2n) is 6.45. The molecule has 4 rings (SSSR count). The summed E-state index contributed by atoms with van der Waals surface area (Å²) in [7, 11) is 0. The lowest BCUT2D eigenvalue weighted by molar-refractivity contribution is 0.282. The highest BCUT2D eigenvalue weighted by Crippen LogP contribution is 2.36. The molecule has 2 N–H and O–H groups in total. The maximum absolute atomic E-state index is 9.49. The Morgan fingerprint density at radius 2 is 1.90 bits per heavy atom. The fourth-order valence-electron chi connectivity index (χ4n) is 3.00. The Morgan fingerprint density at radius 1 is 1.10 bits per heavy atom. The third-order valence-corrected chi connectivity index (χ3v) is 6.10. The number of fused-ring (bicyclic) bond motifs is 1.